The molecule has 0 fully saturated rings. The molecule has 0 aliphatic rings. The number of nitrogens with one attached hydrogen (secondary N) is 2. The van der Waals surface area contributed by atoms with E-state index in [2.05, 4.69) is 36.5 Å². The minimum Gasteiger partial charge on any atom is -0.396 e. The fraction of sp³-hybridized carbons (Fsp3) is 0.636. The van der Waals surface area contributed by atoms with Crippen LogP contribution in [0.2, 0.25) is 0 Å². The first-order valence-corrected chi connectivity index (χ1v) is 6.39. The number of hydrogen-bond acceptors (Lipinski definition) is 5. The van der Waals surface area contributed by atoms with Crippen molar-refractivity contribution in [2.75, 3.05) is 30.3 Å². The van der Waals surface area contributed by atoms with E-state index in [1.807, 2.05) is 20.8 Å². The van der Waals surface area contributed by atoms with Gasteiger partial charge in [-0.15, -0.1) is 0 Å². The maximum absolute atomic E-state index is 9.18. The van der Waals surface area contributed by atoms with Crippen molar-refractivity contribution >= 4 is 27.7 Å². The van der Waals surface area contributed by atoms with Gasteiger partial charge in [0.05, 0.1) is 4.47 Å². The number of aromatic nitrogens is 2. The van der Waals surface area contributed by atoms with Crippen molar-refractivity contribution in [2.45, 2.75) is 20.8 Å². The Bertz CT molecular complexity index is 370. The average molecular weight is 303 g/mol. The van der Waals surface area contributed by atoms with Gasteiger partial charge in [-0.1, -0.05) is 13.8 Å². The molecule has 6 heteroatoms. The molecule has 5 nitrogen and oxygen atoms in total. The molecular formula is C11H19BrN4O. The van der Waals surface area contributed by atoms with Gasteiger partial charge >= 0.3 is 0 Å². The van der Waals surface area contributed by atoms with Crippen molar-refractivity contribution in [3.05, 3.63) is 10.7 Å². The molecule has 0 unspecified atom stereocenters. The molecule has 0 bridgehead atoms. The van der Waals surface area contributed by atoms with Crippen LogP contribution >= 0.6 is 15.9 Å². The highest BCUT2D eigenvalue weighted by atomic mass is 79.9. The summed E-state index contributed by atoms with van der Waals surface area (Å²) in [7, 11) is 0. The van der Waals surface area contributed by atoms with Crippen molar-refractivity contribution in [3.63, 3.8) is 0 Å². The Labute approximate surface area is 110 Å². The summed E-state index contributed by atoms with van der Waals surface area (Å²) < 4.78 is 0.813. The molecule has 1 heterocycles. The first-order valence-electron chi connectivity index (χ1n) is 5.59. The summed E-state index contributed by atoms with van der Waals surface area (Å²) in [5, 5.41) is 15.4. The van der Waals surface area contributed by atoms with E-state index in [1.54, 1.807) is 6.20 Å². The van der Waals surface area contributed by atoms with Gasteiger partial charge < -0.3 is 15.7 Å². The Hall–Kier alpha value is -0.880. The Morgan fingerprint density at radius 2 is 2.12 bits per heavy atom. The third-order valence-corrected chi connectivity index (χ3v) is 2.82. The molecule has 1 aromatic rings. The van der Waals surface area contributed by atoms with E-state index < -0.39 is 0 Å². The zero-order chi connectivity index (χ0) is 12.9. The van der Waals surface area contributed by atoms with E-state index in [0.29, 0.717) is 12.5 Å². The third kappa shape index (κ3) is 4.47. The van der Waals surface area contributed by atoms with Crippen LogP contribution in [0.15, 0.2) is 10.7 Å². The number of anilines is 2. The Morgan fingerprint density at radius 3 is 2.71 bits per heavy atom. The summed E-state index contributed by atoms with van der Waals surface area (Å²) in [6.07, 6.45) is 1.71. The summed E-state index contributed by atoms with van der Waals surface area (Å²) in [5.41, 5.74) is -0.178. The Balaban J connectivity index is 2.72. The van der Waals surface area contributed by atoms with Gasteiger partial charge in [0.15, 0.2) is 0 Å². The summed E-state index contributed by atoms with van der Waals surface area (Å²) in [5.74, 6) is 1.33. The monoisotopic (exact) mass is 302 g/mol. The zero-order valence-electron chi connectivity index (χ0n) is 10.4. The highest BCUT2D eigenvalue weighted by Crippen LogP contribution is 2.22. The molecule has 0 spiro atoms. The maximum atomic E-state index is 9.18. The van der Waals surface area contributed by atoms with Crippen LogP contribution in [-0.4, -0.2) is 34.8 Å². The molecule has 0 aliphatic carbocycles. The first kappa shape index (κ1) is 14.2. The van der Waals surface area contributed by atoms with Gasteiger partial charge in [0.1, 0.15) is 5.82 Å². The minimum absolute atomic E-state index is 0.128. The summed E-state index contributed by atoms with van der Waals surface area (Å²) >= 11 is 3.39. The van der Waals surface area contributed by atoms with E-state index in [9.17, 15) is 5.11 Å². The SMILES string of the molecule is CCNc1ncc(Br)c(NCC(C)(C)CO)n1. The summed E-state index contributed by atoms with van der Waals surface area (Å²) in [6, 6.07) is 0. The molecule has 1 aromatic heterocycles. The summed E-state index contributed by atoms with van der Waals surface area (Å²) in [4.78, 5) is 8.47. The van der Waals surface area contributed by atoms with Gasteiger partial charge in [0.25, 0.3) is 0 Å². The van der Waals surface area contributed by atoms with Crippen molar-refractivity contribution in [3.8, 4) is 0 Å². The third-order valence-electron chi connectivity index (χ3n) is 2.24. The van der Waals surface area contributed by atoms with Crippen LogP contribution in [-0.2, 0) is 0 Å². The van der Waals surface area contributed by atoms with E-state index in [4.69, 9.17) is 0 Å². The van der Waals surface area contributed by atoms with Crippen molar-refractivity contribution in [1.82, 2.24) is 9.97 Å². The Morgan fingerprint density at radius 1 is 1.41 bits per heavy atom. The van der Waals surface area contributed by atoms with Gasteiger partial charge in [-0.2, -0.15) is 4.98 Å². The molecule has 0 atom stereocenters. The molecule has 0 saturated heterocycles. The lowest BCUT2D eigenvalue weighted by Crippen LogP contribution is -2.27. The van der Waals surface area contributed by atoms with Crippen LogP contribution in [0.1, 0.15) is 20.8 Å². The van der Waals surface area contributed by atoms with Crippen molar-refractivity contribution in [2.24, 2.45) is 5.41 Å². The second-order valence-electron chi connectivity index (χ2n) is 4.60. The van der Waals surface area contributed by atoms with Gasteiger partial charge in [0.2, 0.25) is 5.95 Å². The molecule has 17 heavy (non-hydrogen) atoms. The van der Waals surface area contributed by atoms with Crippen molar-refractivity contribution < 1.29 is 5.11 Å². The molecule has 0 saturated carbocycles. The van der Waals surface area contributed by atoms with Crippen LogP contribution in [0.3, 0.4) is 0 Å². The van der Waals surface area contributed by atoms with Crippen LogP contribution in [0.5, 0.6) is 0 Å². The lowest BCUT2D eigenvalue weighted by Gasteiger charge is -2.22. The number of aliphatic hydroxyl groups excluding tert-OH is 1. The topological polar surface area (TPSA) is 70.1 Å². The lowest BCUT2D eigenvalue weighted by atomic mass is 9.95. The molecule has 0 aliphatic heterocycles. The second-order valence-corrected chi connectivity index (χ2v) is 5.45. The zero-order valence-corrected chi connectivity index (χ0v) is 12.0. The van der Waals surface area contributed by atoms with Gasteiger partial charge in [-0.3, -0.25) is 0 Å². The van der Waals surface area contributed by atoms with Crippen LogP contribution < -0.4 is 10.6 Å². The highest BCUT2D eigenvalue weighted by molar-refractivity contribution is 9.10. The minimum atomic E-state index is -0.178. The molecule has 0 radical (unpaired) electrons. The number of nitrogens with zero attached hydrogens (tertiary/aromatic N) is 2. The van der Waals surface area contributed by atoms with Gasteiger partial charge in [0, 0.05) is 31.3 Å². The molecule has 0 amide bonds. The maximum Gasteiger partial charge on any atom is 0.224 e. The molecule has 96 valence electrons. The largest absolute Gasteiger partial charge is 0.396 e. The number of halogens is 1. The summed E-state index contributed by atoms with van der Waals surface area (Å²) in [6.45, 7) is 7.52. The first-order chi connectivity index (χ1) is 7.98. The standard InChI is InChI=1S/C11H19BrN4O/c1-4-13-10-14-5-8(12)9(16-10)15-6-11(2,3)7-17/h5,17H,4,6-7H2,1-3H3,(H2,13,14,15,16). The van der Waals surface area contributed by atoms with Gasteiger partial charge in [-0.25, -0.2) is 4.98 Å². The lowest BCUT2D eigenvalue weighted by molar-refractivity contribution is 0.170. The van der Waals surface area contributed by atoms with E-state index in [0.717, 1.165) is 16.8 Å². The fourth-order valence-electron chi connectivity index (χ4n) is 1.11. The smallest absolute Gasteiger partial charge is 0.224 e. The second kappa shape index (κ2) is 6.16. The van der Waals surface area contributed by atoms with E-state index in [1.165, 1.54) is 0 Å². The van der Waals surface area contributed by atoms with E-state index >= 15 is 0 Å². The van der Waals surface area contributed by atoms with Crippen molar-refractivity contribution in [1.29, 1.82) is 0 Å². The van der Waals surface area contributed by atoms with E-state index in [-0.39, 0.29) is 12.0 Å². The quantitative estimate of drug-likeness (QED) is 0.751. The van der Waals surface area contributed by atoms with Crippen LogP contribution in [0.25, 0.3) is 0 Å². The number of rotatable bonds is 6. The molecule has 1 rings (SSSR count). The molecule has 0 aromatic carbocycles. The number of hydrogen-bond donors (Lipinski definition) is 3. The Kier molecular flexibility index (Phi) is 5.14. The number of aliphatic hydroxyl groups is 1. The van der Waals surface area contributed by atoms with Crippen LogP contribution in [0.4, 0.5) is 11.8 Å². The predicted molar refractivity (Wildman–Crippen MR) is 73.3 cm³/mol. The fourth-order valence-corrected chi connectivity index (χ4v) is 1.44. The normalized spacial score (nSPS) is 11.4. The molecular weight excluding hydrogens is 284 g/mol. The van der Waals surface area contributed by atoms with Crippen LogP contribution in [0, 0.1) is 5.41 Å². The predicted octanol–water partition coefficient (Wildman–Crippen LogP) is 2.10. The highest BCUT2D eigenvalue weighted by Gasteiger charge is 2.17. The molecule has 3 N–H and O–H groups in total. The average Bonchev–Trinajstić information content (AvgIpc) is 2.30. The van der Waals surface area contributed by atoms with Gasteiger partial charge in [-0.05, 0) is 22.9 Å².